The number of carbonyl (C=O) groups excluding carboxylic acids is 3. The molecule has 1 atom stereocenters. The second kappa shape index (κ2) is 7.51. The first-order chi connectivity index (χ1) is 10.6. The van der Waals surface area contributed by atoms with Crippen molar-refractivity contribution in [3.8, 4) is 5.75 Å². The Morgan fingerprint density at radius 3 is 2.91 bits per heavy atom. The van der Waals surface area contributed by atoms with Gasteiger partial charge in [0.15, 0.2) is 0 Å². The fourth-order valence-electron chi connectivity index (χ4n) is 1.94. The Bertz CT molecular complexity index is 558. The summed E-state index contributed by atoms with van der Waals surface area (Å²) in [5.41, 5.74) is 5.54. The zero-order chi connectivity index (χ0) is 15.9. The van der Waals surface area contributed by atoms with E-state index < -0.39 is 17.9 Å². The predicted octanol–water partition coefficient (Wildman–Crippen LogP) is -0.656. The van der Waals surface area contributed by atoms with Crippen LogP contribution in [0.15, 0.2) is 18.3 Å². The summed E-state index contributed by atoms with van der Waals surface area (Å²) in [6, 6.07) is 2.43. The van der Waals surface area contributed by atoms with Crippen LogP contribution >= 0.6 is 0 Å². The third kappa shape index (κ3) is 4.26. The summed E-state index contributed by atoms with van der Waals surface area (Å²) in [6.45, 7) is 1.03. The maximum absolute atomic E-state index is 12.0. The molecule has 1 fully saturated rings. The number of pyridine rings is 1. The molecule has 8 nitrogen and oxygen atoms in total. The van der Waals surface area contributed by atoms with Crippen LogP contribution < -0.4 is 21.1 Å². The van der Waals surface area contributed by atoms with E-state index in [4.69, 9.17) is 10.5 Å². The van der Waals surface area contributed by atoms with Crippen molar-refractivity contribution in [3.05, 3.63) is 24.0 Å². The molecule has 0 radical (unpaired) electrons. The molecular formula is C14H18N4O4. The Hall–Kier alpha value is -2.48. The highest BCUT2D eigenvalue weighted by Crippen LogP contribution is 2.10. The van der Waals surface area contributed by atoms with Crippen LogP contribution in [0.25, 0.3) is 0 Å². The highest BCUT2D eigenvalue weighted by molar-refractivity contribution is 6.03. The summed E-state index contributed by atoms with van der Waals surface area (Å²) in [5, 5.41) is 4.73. The molecule has 1 aliphatic rings. The third-order valence-electron chi connectivity index (χ3n) is 3.13. The number of nitrogens with two attached hydrogens (primary N) is 1. The molecule has 2 rings (SSSR count). The Balaban J connectivity index is 1.89. The Labute approximate surface area is 127 Å². The van der Waals surface area contributed by atoms with Gasteiger partial charge in [0.25, 0.3) is 5.91 Å². The zero-order valence-corrected chi connectivity index (χ0v) is 12.0. The van der Waals surface area contributed by atoms with Crippen LogP contribution in [0.1, 0.15) is 29.8 Å². The van der Waals surface area contributed by atoms with Gasteiger partial charge in [-0.05, 0) is 31.5 Å². The number of imide groups is 1. The van der Waals surface area contributed by atoms with Crippen molar-refractivity contribution in [3.63, 3.8) is 0 Å². The molecule has 0 spiro atoms. The monoisotopic (exact) mass is 306 g/mol. The normalized spacial score (nSPS) is 17.8. The van der Waals surface area contributed by atoms with Gasteiger partial charge in [0.1, 0.15) is 17.5 Å². The molecule has 2 heterocycles. The third-order valence-corrected chi connectivity index (χ3v) is 3.13. The van der Waals surface area contributed by atoms with Crippen LogP contribution in [-0.4, -0.2) is 41.9 Å². The molecule has 1 aliphatic heterocycles. The van der Waals surface area contributed by atoms with Crippen molar-refractivity contribution in [2.24, 2.45) is 5.73 Å². The molecule has 1 aromatic heterocycles. The summed E-state index contributed by atoms with van der Waals surface area (Å²) in [7, 11) is 0. The quantitative estimate of drug-likeness (QED) is 0.474. The molecule has 22 heavy (non-hydrogen) atoms. The van der Waals surface area contributed by atoms with Crippen LogP contribution in [-0.2, 0) is 9.59 Å². The molecule has 0 aromatic carbocycles. The van der Waals surface area contributed by atoms with E-state index in [1.165, 1.54) is 12.3 Å². The maximum Gasteiger partial charge on any atom is 0.270 e. The highest BCUT2D eigenvalue weighted by Gasteiger charge is 2.28. The lowest BCUT2D eigenvalue weighted by Crippen LogP contribution is -2.52. The van der Waals surface area contributed by atoms with E-state index in [-0.39, 0.29) is 24.4 Å². The first kappa shape index (κ1) is 15.9. The molecule has 8 heteroatoms. The van der Waals surface area contributed by atoms with E-state index in [1.807, 2.05) is 0 Å². The number of rotatable bonds is 6. The van der Waals surface area contributed by atoms with Crippen LogP contribution in [0.2, 0.25) is 0 Å². The first-order valence-corrected chi connectivity index (χ1v) is 7.03. The Morgan fingerprint density at radius 2 is 2.27 bits per heavy atom. The van der Waals surface area contributed by atoms with Crippen molar-refractivity contribution in [2.45, 2.75) is 25.3 Å². The maximum atomic E-state index is 12.0. The smallest absolute Gasteiger partial charge is 0.270 e. The standard InChI is InChI=1S/C14H18N4O4/c15-6-1-7-22-9-2-3-10(16-8-9)13(20)17-11-4-5-12(19)18-14(11)21/h2-3,8,11H,1,4-7,15H2,(H,17,20)(H,18,19,21). The first-order valence-electron chi connectivity index (χ1n) is 7.03. The van der Waals surface area contributed by atoms with Crippen molar-refractivity contribution in [1.29, 1.82) is 0 Å². The van der Waals surface area contributed by atoms with E-state index >= 15 is 0 Å². The molecule has 1 saturated heterocycles. The number of nitrogens with one attached hydrogen (secondary N) is 2. The summed E-state index contributed by atoms with van der Waals surface area (Å²) >= 11 is 0. The summed E-state index contributed by atoms with van der Waals surface area (Å²) in [5.74, 6) is -0.743. The molecule has 1 aromatic rings. The minimum absolute atomic E-state index is 0.177. The molecular weight excluding hydrogens is 288 g/mol. The minimum Gasteiger partial charge on any atom is -0.492 e. The molecule has 0 saturated carbocycles. The number of carbonyl (C=O) groups is 3. The van der Waals surface area contributed by atoms with Gasteiger partial charge in [0.05, 0.1) is 12.8 Å². The second-order valence-corrected chi connectivity index (χ2v) is 4.85. The second-order valence-electron chi connectivity index (χ2n) is 4.85. The highest BCUT2D eigenvalue weighted by atomic mass is 16.5. The molecule has 3 amide bonds. The molecule has 0 aliphatic carbocycles. The predicted molar refractivity (Wildman–Crippen MR) is 77.0 cm³/mol. The van der Waals surface area contributed by atoms with Crippen LogP contribution in [0, 0.1) is 0 Å². The number of hydrogen-bond donors (Lipinski definition) is 3. The van der Waals surface area contributed by atoms with E-state index in [0.29, 0.717) is 18.9 Å². The van der Waals surface area contributed by atoms with Crippen molar-refractivity contribution >= 4 is 17.7 Å². The molecule has 118 valence electrons. The van der Waals surface area contributed by atoms with Crippen molar-refractivity contribution in [1.82, 2.24) is 15.6 Å². The van der Waals surface area contributed by atoms with Gasteiger partial charge >= 0.3 is 0 Å². The molecule has 1 unspecified atom stereocenters. The zero-order valence-electron chi connectivity index (χ0n) is 12.0. The van der Waals surface area contributed by atoms with E-state index in [0.717, 1.165) is 6.42 Å². The lowest BCUT2D eigenvalue weighted by atomic mass is 10.1. The average molecular weight is 306 g/mol. The van der Waals surface area contributed by atoms with Gasteiger partial charge in [-0.25, -0.2) is 4.98 Å². The average Bonchev–Trinajstić information content (AvgIpc) is 2.51. The number of nitrogens with zero attached hydrogens (tertiary/aromatic N) is 1. The SMILES string of the molecule is NCCCOc1ccc(C(=O)NC2CCC(=O)NC2=O)nc1. The summed E-state index contributed by atoms with van der Waals surface area (Å²) < 4.78 is 5.38. The number of hydrogen-bond acceptors (Lipinski definition) is 6. The fourth-order valence-corrected chi connectivity index (χ4v) is 1.94. The lowest BCUT2D eigenvalue weighted by Gasteiger charge is -2.21. The van der Waals surface area contributed by atoms with Gasteiger partial charge in [-0.1, -0.05) is 0 Å². The van der Waals surface area contributed by atoms with E-state index in [2.05, 4.69) is 15.6 Å². The van der Waals surface area contributed by atoms with Gasteiger partial charge in [-0.2, -0.15) is 0 Å². The number of amides is 3. The van der Waals surface area contributed by atoms with Gasteiger partial charge in [-0.3, -0.25) is 19.7 Å². The van der Waals surface area contributed by atoms with Gasteiger partial charge < -0.3 is 15.8 Å². The number of piperidine rings is 1. The van der Waals surface area contributed by atoms with Crippen LogP contribution in [0.4, 0.5) is 0 Å². The van der Waals surface area contributed by atoms with Gasteiger partial charge in [-0.15, -0.1) is 0 Å². The van der Waals surface area contributed by atoms with E-state index in [9.17, 15) is 14.4 Å². The van der Waals surface area contributed by atoms with Crippen molar-refractivity contribution < 1.29 is 19.1 Å². The van der Waals surface area contributed by atoms with Gasteiger partial charge in [0.2, 0.25) is 11.8 Å². The largest absolute Gasteiger partial charge is 0.492 e. The number of ether oxygens (including phenoxy) is 1. The van der Waals surface area contributed by atoms with Crippen molar-refractivity contribution in [2.75, 3.05) is 13.2 Å². The topological polar surface area (TPSA) is 123 Å². The fraction of sp³-hybridized carbons (Fsp3) is 0.429. The summed E-state index contributed by atoms with van der Waals surface area (Å²) in [4.78, 5) is 38.6. The Morgan fingerprint density at radius 1 is 1.45 bits per heavy atom. The van der Waals surface area contributed by atoms with Crippen LogP contribution in [0.3, 0.4) is 0 Å². The van der Waals surface area contributed by atoms with Gasteiger partial charge in [0, 0.05) is 6.42 Å². The van der Waals surface area contributed by atoms with Crippen LogP contribution in [0.5, 0.6) is 5.75 Å². The minimum atomic E-state index is -0.715. The van der Waals surface area contributed by atoms with E-state index in [1.54, 1.807) is 6.07 Å². The Kier molecular flexibility index (Phi) is 5.42. The number of aromatic nitrogens is 1. The lowest BCUT2D eigenvalue weighted by molar-refractivity contribution is -0.134. The summed E-state index contributed by atoms with van der Waals surface area (Å²) in [6.07, 6.45) is 2.67. The molecule has 0 bridgehead atoms. The molecule has 4 N–H and O–H groups in total.